The van der Waals surface area contributed by atoms with Crippen molar-refractivity contribution in [2.75, 3.05) is 19.6 Å². The molecule has 0 saturated carbocycles. The molecule has 6 nitrogen and oxygen atoms in total. The van der Waals surface area contributed by atoms with E-state index in [4.69, 9.17) is 0 Å². The number of nitro benzene ring substituents is 1. The van der Waals surface area contributed by atoms with Crippen LogP contribution in [0, 0.1) is 10.1 Å². The third-order valence-corrected chi connectivity index (χ3v) is 5.03. The monoisotopic (exact) mass is 367 g/mol. The van der Waals surface area contributed by atoms with Gasteiger partial charge in [0.05, 0.1) is 11.0 Å². The number of benzene rings is 2. The Bertz CT molecular complexity index is 756. The number of nitrogens with zero attached hydrogens (tertiary/aromatic N) is 2. The molecule has 1 heterocycles. The number of hydrogen-bond acceptors (Lipinski definition) is 4. The summed E-state index contributed by atoms with van der Waals surface area (Å²) in [5.41, 5.74) is 1.56. The summed E-state index contributed by atoms with van der Waals surface area (Å²) in [5, 5.41) is 14.0. The number of amides is 1. The average molecular weight is 367 g/mol. The van der Waals surface area contributed by atoms with E-state index in [1.54, 1.807) is 24.3 Å². The van der Waals surface area contributed by atoms with Crippen molar-refractivity contribution in [3.63, 3.8) is 0 Å². The highest BCUT2D eigenvalue weighted by atomic mass is 16.6. The van der Waals surface area contributed by atoms with E-state index in [0.717, 1.165) is 31.6 Å². The zero-order valence-electron chi connectivity index (χ0n) is 15.3. The second-order valence-electron chi connectivity index (χ2n) is 6.93. The highest BCUT2D eigenvalue weighted by molar-refractivity contribution is 5.94. The lowest BCUT2D eigenvalue weighted by atomic mass is 10.0. The first-order chi connectivity index (χ1) is 13.1. The van der Waals surface area contributed by atoms with E-state index >= 15 is 0 Å². The first-order valence-corrected chi connectivity index (χ1v) is 9.46. The van der Waals surface area contributed by atoms with E-state index < -0.39 is 4.92 Å². The number of carbonyl (C=O) groups is 1. The Kier molecular flexibility index (Phi) is 6.54. The van der Waals surface area contributed by atoms with Crippen LogP contribution in [-0.2, 0) is 0 Å². The van der Waals surface area contributed by atoms with E-state index in [2.05, 4.69) is 10.2 Å². The second kappa shape index (κ2) is 9.28. The Balaban J connectivity index is 1.72. The Hall–Kier alpha value is -2.73. The molecule has 0 radical (unpaired) electrons. The van der Waals surface area contributed by atoms with E-state index in [-0.39, 0.29) is 17.6 Å². The topological polar surface area (TPSA) is 75.5 Å². The standard InChI is InChI=1S/C21H25N3O3/c25-21(18-7-3-1-4-8-18)22-20(13-16-23-14-5-2-6-15-23)17-9-11-19(12-10-17)24(26)27/h1,3-4,7-12,20H,2,5-6,13-16H2,(H,22,25). The Morgan fingerprint density at radius 2 is 1.70 bits per heavy atom. The molecule has 1 saturated heterocycles. The van der Waals surface area contributed by atoms with Crippen molar-refractivity contribution in [2.45, 2.75) is 31.7 Å². The number of nitrogens with one attached hydrogen (secondary N) is 1. The van der Waals surface area contributed by atoms with Crippen LogP contribution in [0.15, 0.2) is 54.6 Å². The molecule has 2 aromatic rings. The zero-order valence-corrected chi connectivity index (χ0v) is 15.3. The summed E-state index contributed by atoms with van der Waals surface area (Å²) in [7, 11) is 0. The van der Waals surface area contributed by atoms with Crippen LogP contribution >= 0.6 is 0 Å². The first-order valence-electron chi connectivity index (χ1n) is 9.46. The SMILES string of the molecule is O=C(NC(CCN1CCCCC1)c1ccc([N+](=O)[O-])cc1)c1ccccc1. The summed E-state index contributed by atoms with van der Waals surface area (Å²) >= 11 is 0. The van der Waals surface area contributed by atoms with Crippen LogP contribution < -0.4 is 5.32 Å². The molecule has 2 aromatic carbocycles. The van der Waals surface area contributed by atoms with E-state index in [9.17, 15) is 14.9 Å². The van der Waals surface area contributed by atoms with Gasteiger partial charge in [0.1, 0.15) is 0 Å². The Labute approximate surface area is 159 Å². The van der Waals surface area contributed by atoms with E-state index in [0.29, 0.717) is 5.56 Å². The predicted molar refractivity (Wildman–Crippen MR) is 105 cm³/mol. The smallest absolute Gasteiger partial charge is 0.269 e. The van der Waals surface area contributed by atoms with Crippen LogP contribution in [0.1, 0.15) is 47.6 Å². The fourth-order valence-electron chi connectivity index (χ4n) is 3.48. The molecule has 0 aliphatic carbocycles. The van der Waals surface area contributed by atoms with Crippen LogP contribution in [0.3, 0.4) is 0 Å². The minimum absolute atomic E-state index is 0.0583. The van der Waals surface area contributed by atoms with Crippen molar-refractivity contribution >= 4 is 11.6 Å². The molecule has 1 atom stereocenters. The quantitative estimate of drug-likeness (QED) is 0.594. The summed E-state index contributed by atoms with van der Waals surface area (Å²) < 4.78 is 0. The summed E-state index contributed by atoms with van der Waals surface area (Å²) in [6.07, 6.45) is 4.50. The van der Waals surface area contributed by atoms with Gasteiger partial charge in [0.15, 0.2) is 0 Å². The molecule has 1 fully saturated rings. The van der Waals surface area contributed by atoms with Gasteiger partial charge in [0.25, 0.3) is 11.6 Å². The largest absolute Gasteiger partial charge is 0.345 e. The van der Waals surface area contributed by atoms with Gasteiger partial charge in [-0.1, -0.05) is 36.8 Å². The van der Waals surface area contributed by atoms with Crippen molar-refractivity contribution in [2.24, 2.45) is 0 Å². The van der Waals surface area contributed by atoms with Crippen LogP contribution in [0.25, 0.3) is 0 Å². The number of likely N-dealkylation sites (tertiary alicyclic amines) is 1. The van der Waals surface area contributed by atoms with Crippen LogP contribution in [0.2, 0.25) is 0 Å². The third kappa shape index (κ3) is 5.37. The van der Waals surface area contributed by atoms with Gasteiger partial charge in [-0.15, -0.1) is 0 Å². The number of carbonyl (C=O) groups excluding carboxylic acids is 1. The molecule has 27 heavy (non-hydrogen) atoms. The minimum atomic E-state index is -0.408. The third-order valence-electron chi connectivity index (χ3n) is 5.03. The summed E-state index contributed by atoms with van der Waals surface area (Å²) in [6, 6.07) is 15.4. The van der Waals surface area contributed by atoms with Gasteiger partial charge >= 0.3 is 0 Å². The van der Waals surface area contributed by atoms with E-state index in [1.807, 2.05) is 18.2 Å². The van der Waals surface area contributed by atoms with Gasteiger partial charge < -0.3 is 10.2 Å². The molecule has 1 aliphatic heterocycles. The maximum Gasteiger partial charge on any atom is 0.269 e. The first kappa shape index (κ1) is 19.0. The van der Waals surface area contributed by atoms with Gasteiger partial charge in [0, 0.05) is 24.2 Å². The fraction of sp³-hybridized carbons (Fsp3) is 0.381. The molecule has 1 aliphatic rings. The molecule has 0 aromatic heterocycles. The lowest BCUT2D eigenvalue weighted by Gasteiger charge is -2.28. The highest BCUT2D eigenvalue weighted by Gasteiger charge is 2.19. The van der Waals surface area contributed by atoms with Crippen molar-refractivity contribution in [3.8, 4) is 0 Å². The predicted octanol–water partition coefficient (Wildman–Crippen LogP) is 3.94. The highest BCUT2D eigenvalue weighted by Crippen LogP contribution is 2.22. The van der Waals surface area contributed by atoms with Crippen molar-refractivity contribution in [1.29, 1.82) is 0 Å². The van der Waals surface area contributed by atoms with Crippen LogP contribution in [-0.4, -0.2) is 35.4 Å². The van der Waals surface area contributed by atoms with Crippen molar-refractivity contribution in [1.82, 2.24) is 10.2 Å². The Morgan fingerprint density at radius 3 is 2.33 bits per heavy atom. The minimum Gasteiger partial charge on any atom is -0.345 e. The molecular formula is C21H25N3O3. The summed E-state index contributed by atoms with van der Waals surface area (Å²) in [4.78, 5) is 25.5. The molecule has 1 N–H and O–H groups in total. The van der Waals surface area contributed by atoms with Gasteiger partial charge in [-0.25, -0.2) is 0 Å². The van der Waals surface area contributed by atoms with Crippen molar-refractivity contribution in [3.05, 3.63) is 75.8 Å². The average Bonchev–Trinajstić information content (AvgIpc) is 2.72. The van der Waals surface area contributed by atoms with Gasteiger partial charge in [-0.3, -0.25) is 14.9 Å². The molecule has 0 bridgehead atoms. The molecule has 6 heteroatoms. The van der Waals surface area contributed by atoms with Crippen LogP contribution in [0.5, 0.6) is 0 Å². The molecule has 1 amide bonds. The molecule has 142 valence electrons. The van der Waals surface area contributed by atoms with Gasteiger partial charge in [0.2, 0.25) is 0 Å². The maximum absolute atomic E-state index is 12.6. The van der Waals surface area contributed by atoms with Gasteiger partial charge in [-0.2, -0.15) is 0 Å². The molecular weight excluding hydrogens is 342 g/mol. The number of non-ortho nitro benzene ring substituents is 1. The fourth-order valence-corrected chi connectivity index (χ4v) is 3.48. The molecule has 0 spiro atoms. The van der Waals surface area contributed by atoms with Gasteiger partial charge in [-0.05, 0) is 50.0 Å². The summed E-state index contributed by atoms with van der Waals surface area (Å²) in [6.45, 7) is 3.09. The lowest BCUT2D eigenvalue weighted by Crippen LogP contribution is -2.35. The Morgan fingerprint density at radius 1 is 1.04 bits per heavy atom. The molecule has 3 rings (SSSR count). The summed E-state index contributed by atoms with van der Waals surface area (Å²) in [5.74, 6) is -0.127. The maximum atomic E-state index is 12.6. The zero-order chi connectivity index (χ0) is 19.1. The second-order valence-corrected chi connectivity index (χ2v) is 6.93. The number of rotatable bonds is 7. The van der Waals surface area contributed by atoms with Crippen molar-refractivity contribution < 1.29 is 9.72 Å². The normalized spacial score (nSPS) is 15.9. The van der Waals surface area contributed by atoms with E-state index in [1.165, 1.54) is 31.4 Å². The molecule has 1 unspecified atom stereocenters. The number of hydrogen-bond donors (Lipinski definition) is 1. The number of piperidine rings is 1. The van der Waals surface area contributed by atoms with Crippen LogP contribution in [0.4, 0.5) is 5.69 Å². The lowest BCUT2D eigenvalue weighted by molar-refractivity contribution is -0.384. The number of nitro groups is 1.